The van der Waals surface area contributed by atoms with Crippen LogP contribution in [0.25, 0.3) is 0 Å². The predicted molar refractivity (Wildman–Crippen MR) is 69.4 cm³/mol. The third-order valence-corrected chi connectivity index (χ3v) is 3.71. The van der Waals surface area contributed by atoms with E-state index in [-0.39, 0.29) is 12.2 Å². The lowest BCUT2D eigenvalue weighted by molar-refractivity contribution is -0.149. The average molecular weight is 287 g/mol. The van der Waals surface area contributed by atoms with Crippen LogP contribution in [0.3, 0.4) is 0 Å². The van der Waals surface area contributed by atoms with E-state index in [1.54, 1.807) is 7.11 Å². The summed E-state index contributed by atoms with van der Waals surface area (Å²) in [7, 11) is 1.61. The van der Waals surface area contributed by atoms with E-state index in [2.05, 4.69) is 14.7 Å². The number of nitrogens with one attached hydrogen (secondary N) is 1. The summed E-state index contributed by atoms with van der Waals surface area (Å²) in [5.41, 5.74) is 0. The second-order valence-corrected chi connectivity index (χ2v) is 5.13. The van der Waals surface area contributed by atoms with Gasteiger partial charge < -0.3 is 19.9 Å². The highest BCUT2D eigenvalue weighted by atomic mass is 32.1. The molecule has 0 radical (unpaired) electrons. The quantitative estimate of drug-likeness (QED) is 0.814. The number of methoxy groups -OCH3 is 1. The Bertz CT molecular complexity index is 439. The smallest absolute Gasteiger partial charge is 0.332 e. The standard InChI is InChI=1S/C11H17N3O4S/c1-6(17-2)9-13-11(19-14-9)12-5-7-3-4-8(18-7)10(15)16/h6-8H,3-5H2,1-2H3,(H,15,16)(H,12,13,14). The van der Waals surface area contributed by atoms with Gasteiger partial charge in [-0.25, -0.2) is 9.78 Å². The van der Waals surface area contributed by atoms with Gasteiger partial charge in [0.05, 0.1) is 6.10 Å². The van der Waals surface area contributed by atoms with E-state index >= 15 is 0 Å². The SMILES string of the molecule is COC(C)c1nsc(NCC2CCC(C(=O)O)O2)n1. The summed E-state index contributed by atoms with van der Waals surface area (Å²) in [5.74, 6) is -0.250. The molecule has 3 unspecified atom stereocenters. The number of hydrogen-bond donors (Lipinski definition) is 2. The lowest BCUT2D eigenvalue weighted by Crippen LogP contribution is -2.24. The molecule has 1 aliphatic rings. The van der Waals surface area contributed by atoms with E-state index in [0.29, 0.717) is 23.9 Å². The van der Waals surface area contributed by atoms with E-state index in [4.69, 9.17) is 14.6 Å². The summed E-state index contributed by atoms with van der Waals surface area (Å²) in [6, 6.07) is 0. The van der Waals surface area contributed by atoms with Gasteiger partial charge in [-0.1, -0.05) is 0 Å². The number of rotatable bonds is 6. The van der Waals surface area contributed by atoms with Crippen LogP contribution in [0.1, 0.15) is 31.7 Å². The molecule has 7 nitrogen and oxygen atoms in total. The Balaban J connectivity index is 1.80. The third kappa shape index (κ3) is 3.62. The van der Waals surface area contributed by atoms with Gasteiger partial charge in [-0.15, -0.1) is 0 Å². The number of aromatic nitrogens is 2. The van der Waals surface area contributed by atoms with Gasteiger partial charge in [0, 0.05) is 25.2 Å². The summed E-state index contributed by atoms with van der Waals surface area (Å²) in [4.78, 5) is 15.0. The highest BCUT2D eigenvalue weighted by Crippen LogP contribution is 2.22. The number of hydrogen-bond acceptors (Lipinski definition) is 7. The Morgan fingerprint density at radius 3 is 3.11 bits per heavy atom. The molecule has 0 bridgehead atoms. The van der Waals surface area contributed by atoms with Gasteiger partial charge in [0.15, 0.2) is 11.9 Å². The molecule has 0 aliphatic carbocycles. The van der Waals surface area contributed by atoms with Crippen LogP contribution in [0.5, 0.6) is 0 Å². The Labute approximate surface area is 115 Å². The molecule has 0 amide bonds. The molecule has 1 aromatic heterocycles. The number of aliphatic carboxylic acids is 1. The fourth-order valence-electron chi connectivity index (χ4n) is 1.82. The van der Waals surface area contributed by atoms with Crippen molar-refractivity contribution in [3.05, 3.63) is 5.82 Å². The zero-order valence-corrected chi connectivity index (χ0v) is 11.6. The second-order valence-electron chi connectivity index (χ2n) is 4.38. The molecule has 0 aromatic carbocycles. The Morgan fingerprint density at radius 1 is 1.68 bits per heavy atom. The van der Waals surface area contributed by atoms with Gasteiger partial charge in [-0.05, 0) is 19.8 Å². The zero-order valence-electron chi connectivity index (χ0n) is 10.8. The highest BCUT2D eigenvalue weighted by Gasteiger charge is 2.30. The average Bonchev–Trinajstić information content (AvgIpc) is 3.04. The summed E-state index contributed by atoms with van der Waals surface area (Å²) in [5, 5.41) is 12.6. The summed E-state index contributed by atoms with van der Waals surface area (Å²) >= 11 is 1.26. The van der Waals surface area contributed by atoms with Crippen molar-refractivity contribution < 1.29 is 19.4 Å². The van der Waals surface area contributed by atoms with Gasteiger partial charge in [0.2, 0.25) is 5.13 Å². The number of nitrogens with zero attached hydrogens (tertiary/aromatic N) is 2. The van der Waals surface area contributed by atoms with Crippen LogP contribution < -0.4 is 5.32 Å². The van der Waals surface area contributed by atoms with Crippen LogP contribution >= 0.6 is 11.5 Å². The molecule has 1 fully saturated rings. The molecule has 106 valence electrons. The minimum Gasteiger partial charge on any atom is -0.479 e. The van der Waals surface area contributed by atoms with Gasteiger partial charge in [0.25, 0.3) is 0 Å². The van der Waals surface area contributed by atoms with E-state index in [1.165, 1.54) is 11.5 Å². The van der Waals surface area contributed by atoms with Crippen LogP contribution in [-0.4, -0.2) is 46.3 Å². The van der Waals surface area contributed by atoms with E-state index in [0.717, 1.165) is 6.42 Å². The molecule has 0 saturated carbocycles. The highest BCUT2D eigenvalue weighted by molar-refractivity contribution is 7.09. The van der Waals surface area contributed by atoms with E-state index < -0.39 is 12.1 Å². The number of carbonyl (C=O) groups is 1. The molecule has 1 aromatic rings. The molecule has 2 rings (SSSR count). The maximum Gasteiger partial charge on any atom is 0.332 e. The minimum absolute atomic E-state index is 0.0895. The van der Waals surface area contributed by atoms with Crippen molar-refractivity contribution in [3.63, 3.8) is 0 Å². The fraction of sp³-hybridized carbons (Fsp3) is 0.727. The molecule has 3 atom stereocenters. The van der Waals surface area contributed by atoms with Crippen LogP contribution in [-0.2, 0) is 14.3 Å². The molecular weight excluding hydrogens is 270 g/mol. The Hall–Kier alpha value is -1.25. The predicted octanol–water partition coefficient (Wildman–Crippen LogP) is 1.29. The Morgan fingerprint density at radius 2 is 2.47 bits per heavy atom. The van der Waals surface area contributed by atoms with Crippen molar-refractivity contribution in [1.82, 2.24) is 9.36 Å². The number of carboxylic acid groups (broad SMARTS) is 1. The van der Waals surface area contributed by atoms with Gasteiger partial charge in [-0.3, -0.25) is 0 Å². The topological polar surface area (TPSA) is 93.6 Å². The molecule has 1 aliphatic heterocycles. The van der Waals surface area contributed by atoms with Gasteiger partial charge in [0.1, 0.15) is 6.10 Å². The summed E-state index contributed by atoms with van der Waals surface area (Å²) < 4.78 is 14.7. The van der Waals surface area contributed by atoms with Gasteiger partial charge >= 0.3 is 5.97 Å². The first-order chi connectivity index (χ1) is 9.10. The van der Waals surface area contributed by atoms with Crippen molar-refractivity contribution in [2.24, 2.45) is 0 Å². The van der Waals surface area contributed by atoms with Crippen molar-refractivity contribution in [2.45, 2.75) is 38.1 Å². The first-order valence-corrected chi connectivity index (χ1v) is 6.86. The van der Waals surface area contributed by atoms with E-state index in [9.17, 15) is 4.79 Å². The van der Waals surface area contributed by atoms with E-state index in [1.807, 2.05) is 6.92 Å². The molecule has 2 N–H and O–H groups in total. The van der Waals surface area contributed by atoms with Crippen molar-refractivity contribution in [2.75, 3.05) is 19.0 Å². The molecular formula is C11H17N3O4S. The molecule has 0 spiro atoms. The van der Waals surface area contributed by atoms with Crippen molar-refractivity contribution in [1.29, 1.82) is 0 Å². The second kappa shape index (κ2) is 6.27. The van der Waals surface area contributed by atoms with Crippen LogP contribution in [0.4, 0.5) is 5.13 Å². The van der Waals surface area contributed by atoms with Crippen LogP contribution in [0.2, 0.25) is 0 Å². The molecule has 19 heavy (non-hydrogen) atoms. The zero-order chi connectivity index (χ0) is 13.8. The third-order valence-electron chi connectivity index (χ3n) is 3.02. The van der Waals surface area contributed by atoms with Crippen molar-refractivity contribution in [3.8, 4) is 0 Å². The summed E-state index contributed by atoms with van der Waals surface area (Å²) in [6.07, 6.45) is 0.401. The maximum absolute atomic E-state index is 10.8. The number of carboxylic acids is 1. The lowest BCUT2D eigenvalue weighted by Gasteiger charge is -2.11. The first-order valence-electron chi connectivity index (χ1n) is 6.08. The number of anilines is 1. The maximum atomic E-state index is 10.8. The molecule has 8 heteroatoms. The summed E-state index contributed by atoms with van der Waals surface area (Å²) in [6.45, 7) is 2.42. The monoisotopic (exact) mass is 287 g/mol. The van der Waals surface area contributed by atoms with Crippen LogP contribution in [0, 0.1) is 0 Å². The fourth-order valence-corrected chi connectivity index (χ4v) is 2.47. The lowest BCUT2D eigenvalue weighted by atomic mass is 10.2. The minimum atomic E-state index is -0.894. The normalized spacial score (nSPS) is 24.3. The van der Waals surface area contributed by atoms with Gasteiger partial charge in [-0.2, -0.15) is 4.37 Å². The number of ether oxygens (including phenoxy) is 2. The molecule has 1 saturated heterocycles. The van der Waals surface area contributed by atoms with Crippen molar-refractivity contribution >= 4 is 22.6 Å². The largest absolute Gasteiger partial charge is 0.479 e. The Kier molecular flexibility index (Phi) is 4.67. The molecule has 2 heterocycles. The first kappa shape index (κ1) is 14.2. The van der Waals surface area contributed by atoms with Crippen LogP contribution in [0.15, 0.2) is 0 Å².